The van der Waals surface area contributed by atoms with Gasteiger partial charge in [-0.3, -0.25) is 4.57 Å². The van der Waals surface area contributed by atoms with Crippen molar-refractivity contribution in [3.8, 4) is 11.5 Å². The molecule has 8 nitrogen and oxygen atoms in total. The largest absolute Gasteiger partial charge is 0.467 e. The molecule has 0 bridgehead atoms. The summed E-state index contributed by atoms with van der Waals surface area (Å²) in [6, 6.07) is 11.9. The van der Waals surface area contributed by atoms with E-state index >= 15 is 0 Å². The molecule has 160 valence electrons. The molecule has 1 aliphatic heterocycles. The fraction of sp³-hybridized carbons (Fsp3) is 0.364. The van der Waals surface area contributed by atoms with Gasteiger partial charge in [0.15, 0.2) is 11.0 Å². The molecule has 31 heavy (non-hydrogen) atoms. The summed E-state index contributed by atoms with van der Waals surface area (Å²) >= 11 is 1.55. The van der Waals surface area contributed by atoms with Crippen LogP contribution in [0.2, 0.25) is 0 Å². The number of benzene rings is 1. The number of hydrogen-bond donors (Lipinski definition) is 0. The Bertz CT molecular complexity index is 1110. The summed E-state index contributed by atoms with van der Waals surface area (Å²) < 4.78 is 13.2. The minimum atomic E-state index is 0.529. The molecule has 5 rings (SSSR count). The predicted octanol–water partition coefficient (Wildman–Crippen LogP) is 4.56. The number of thioether (sulfide) groups is 1. The summed E-state index contributed by atoms with van der Waals surface area (Å²) in [6.45, 7) is 4.66. The molecular formula is C22H24N6O2S. The van der Waals surface area contributed by atoms with Gasteiger partial charge in [-0.1, -0.05) is 34.6 Å². The van der Waals surface area contributed by atoms with Gasteiger partial charge in [0, 0.05) is 18.7 Å². The number of piperidine rings is 1. The Morgan fingerprint density at radius 2 is 1.87 bits per heavy atom. The Labute approximate surface area is 184 Å². The van der Waals surface area contributed by atoms with Gasteiger partial charge >= 0.3 is 0 Å². The first-order valence-electron chi connectivity index (χ1n) is 10.5. The summed E-state index contributed by atoms with van der Waals surface area (Å²) in [4.78, 5) is 6.86. The lowest BCUT2D eigenvalue weighted by Gasteiger charge is -2.27. The highest BCUT2D eigenvalue weighted by molar-refractivity contribution is 7.98. The van der Waals surface area contributed by atoms with Crippen molar-refractivity contribution in [1.82, 2.24) is 24.9 Å². The minimum Gasteiger partial charge on any atom is -0.467 e. The van der Waals surface area contributed by atoms with Crippen molar-refractivity contribution in [1.29, 1.82) is 0 Å². The molecule has 0 N–H and O–H groups in total. The van der Waals surface area contributed by atoms with E-state index in [4.69, 9.17) is 8.94 Å². The zero-order valence-corrected chi connectivity index (χ0v) is 18.2. The quantitative estimate of drug-likeness (QED) is 0.390. The maximum absolute atomic E-state index is 5.58. The number of furan rings is 1. The maximum Gasteiger partial charge on any atom is 0.257 e. The Kier molecular flexibility index (Phi) is 5.75. The standard InChI is InChI=1S/C22H24N6O2S/c1-16-7-9-17(10-8-16)20-23-19(26-30-20)15-31-22-25-24-21(27-11-3-2-4-12-27)28(22)14-18-6-5-13-29-18/h5-10,13H,2-4,11-12,14-15H2,1H3. The second-order valence-electron chi connectivity index (χ2n) is 7.67. The molecule has 0 spiro atoms. The molecule has 1 aliphatic rings. The van der Waals surface area contributed by atoms with E-state index in [-0.39, 0.29) is 0 Å². The second-order valence-corrected chi connectivity index (χ2v) is 8.61. The molecule has 0 atom stereocenters. The molecule has 9 heteroatoms. The van der Waals surface area contributed by atoms with Crippen LogP contribution in [0.3, 0.4) is 0 Å². The third-order valence-electron chi connectivity index (χ3n) is 5.33. The van der Waals surface area contributed by atoms with E-state index in [1.165, 1.54) is 24.8 Å². The number of aryl methyl sites for hydroxylation is 1. The normalized spacial score (nSPS) is 14.3. The van der Waals surface area contributed by atoms with E-state index in [1.54, 1.807) is 18.0 Å². The van der Waals surface area contributed by atoms with Crippen molar-refractivity contribution in [2.75, 3.05) is 18.0 Å². The lowest BCUT2D eigenvalue weighted by Crippen LogP contribution is -2.32. The molecule has 0 saturated carbocycles. The van der Waals surface area contributed by atoms with Crippen molar-refractivity contribution in [3.63, 3.8) is 0 Å². The molecule has 4 aromatic rings. The minimum absolute atomic E-state index is 0.529. The third kappa shape index (κ3) is 4.51. The van der Waals surface area contributed by atoms with E-state index in [0.29, 0.717) is 24.0 Å². The number of rotatable bonds is 7. The molecule has 3 aromatic heterocycles. The zero-order chi connectivity index (χ0) is 21.0. The molecule has 1 aromatic carbocycles. The van der Waals surface area contributed by atoms with E-state index in [1.807, 2.05) is 36.4 Å². The van der Waals surface area contributed by atoms with Crippen molar-refractivity contribution < 1.29 is 8.94 Å². The molecular weight excluding hydrogens is 412 g/mol. The molecule has 1 saturated heterocycles. The first-order chi connectivity index (χ1) is 15.3. The fourth-order valence-electron chi connectivity index (χ4n) is 3.67. The number of nitrogens with zero attached hydrogens (tertiary/aromatic N) is 6. The van der Waals surface area contributed by atoms with Gasteiger partial charge in [-0.2, -0.15) is 4.98 Å². The molecule has 1 fully saturated rings. The summed E-state index contributed by atoms with van der Waals surface area (Å²) in [6.07, 6.45) is 5.33. The molecule has 4 heterocycles. The molecule has 0 aliphatic carbocycles. The van der Waals surface area contributed by atoms with Crippen LogP contribution in [0, 0.1) is 6.92 Å². The van der Waals surface area contributed by atoms with Crippen molar-refractivity contribution in [2.24, 2.45) is 0 Å². The van der Waals surface area contributed by atoms with Crippen LogP contribution in [0.1, 0.15) is 36.4 Å². The van der Waals surface area contributed by atoms with Crippen LogP contribution < -0.4 is 4.90 Å². The molecule has 0 amide bonds. The van der Waals surface area contributed by atoms with E-state index < -0.39 is 0 Å². The predicted molar refractivity (Wildman–Crippen MR) is 118 cm³/mol. The number of anilines is 1. The topological polar surface area (TPSA) is 86.0 Å². The van der Waals surface area contributed by atoms with E-state index in [9.17, 15) is 0 Å². The maximum atomic E-state index is 5.58. The number of hydrogen-bond acceptors (Lipinski definition) is 8. The Hall–Kier alpha value is -3.07. The third-order valence-corrected chi connectivity index (χ3v) is 6.29. The van der Waals surface area contributed by atoms with Gasteiger partial charge in [0.05, 0.1) is 18.6 Å². The lowest BCUT2D eigenvalue weighted by atomic mass is 10.1. The van der Waals surface area contributed by atoms with Crippen LogP contribution in [-0.2, 0) is 12.3 Å². The average molecular weight is 437 g/mol. The van der Waals surface area contributed by atoms with Crippen LogP contribution in [-0.4, -0.2) is 38.0 Å². The highest BCUT2D eigenvalue weighted by Crippen LogP contribution is 2.28. The van der Waals surface area contributed by atoms with Gasteiger partial charge in [-0.25, -0.2) is 0 Å². The van der Waals surface area contributed by atoms with Gasteiger partial charge in [-0.05, 0) is 50.5 Å². The molecule has 0 radical (unpaired) electrons. The first kappa shape index (κ1) is 19.9. The van der Waals surface area contributed by atoms with Crippen LogP contribution in [0.4, 0.5) is 5.95 Å². The van der Waals surface area contributed by atoms with E-state index in [2.05, 4.69) is 36.7 Å². The van der Waals surface area contributed by atoms with Gasteiger partial charge < -0.3 is 13.8 Å². The van der Waals surface area contributed by atoms with Gasteiger partial charge in [0.2, 0.25) is 5.95 Å². The Morgan fingerprint density at radius 3 is 2.65 bits per heavy atom. The zero-order valence-electron chi connectivity index (χ0n) is 17.4. The average Bonchev–Trinajstić information content (AvgIpc) is 3.56. The lowest BCUT2D eigenvalue weighted by molar-refractivity contribution is 0.425. The van der Waals surface area contributed by atoms with Gasteiger partial charge in [0.25, 0.3) is 5.89 Å². The van der Waals surface area contributed by atoms with Crippen LogP contribution in [0.5, 0.6) is 0 Å². The van der Waals surface area contributed by atoms with Crippen molar-refractivity contribution >= 4 is 17.7 Å². The molecule has 0 unspecified atom stereocenters. The summed E-state index contributed by atoms with van der Waals surface area (Å²) in [5, 5.41) is 13.9. The number of aromatic nitrogens is 5. The first-order valence-corrected chi connectivity index (χ1v) is 11.5. The SMILES string of the molecule is Cc1ccc(-c2nc(CSc3nnc(N4CCCCC4)n3Cc3ccco3)no2)cc1. The smallest absolute Gasteiger partial charge is 0.257 e. The van der Waals surface area contributed by atoms with Gasteiger partial charge in [-0.15, -0.1) is 10.2 Å². The highest BCUT2D eigenvalue weighted by atomic mass is 32.2. The fourth-order valence-corrected chi connectivity index (χ4v) is 4.44. The van der Waals surface area contributed by atoms with Crippen molar-refractivity contribution in [2.45, 2.75) is 43.6 Å². The Morgan fingerprint density at radius 1 is 1.03 bits per heavy atom. The highest BCUT2D eigenvalue weighted by Gasteiger charge is 2.22. The summed E-state index contributed by atoms with van der Waals surface area (Å²) in [7, 11) is 0. The Balaban J connectivity index is 1.34. The summed E-state index contributed by atoms with van der Waals surface area (Å²) in [5.41, 5.74) is 2.11. The van der Waals surface area contributed by atoms with Crippen molar-refractivity contribution in [3.05, 3.63) is 59.8 Å². The van der Waals surface area contributed by atoms with Gasteiger partial charge in [0.1, 0.15) is 5.76 Å². The second kappa shape index (κ2) is 8.97. The monoisotopic (exact) mass is 436 g/mol. The van der Waals surface area contributed by atoms with Crippen LogP contribution in [0.25, 0.3) is 11.5 Å². The van der Waals surface area contributed by atoms with E-state index in [0.717, 1.165) is 35.5 Å². The summed E-state index contributed by atoms with van der Waals surface area (Å²) in [5.74, 6) is 3.48. The van der Waals surface area contributed by atoms with Crippen LogP contribution >= 0.6 is 11.8 Å². The van der Waals surface area contributed by atoms with Crippen LogP contribution in [0.15, 0.2) is 56.8 Å².